The van der Waals surface area contributed by atoms with E-state index in [0.717, 1.165) is 5.56 Å². The summed E-state index contributed by atoms with van der Waals surface area (Å²) in [7, 11) is 0. The van der Waals surface area contributed by atoms with Gasteiger partial charge in [0.25, 0.3) is 5.56 Å². The minimum absolute atomic E-state index is 0.106. The Bertz CT molecular complexity index is 493. The van der Waals surface area contributed by atoms with Crippen LogP contribution in [0, 0.1) is 0 Å². The lowest BCUT2D eigenvalue weighted by Gasteiger charge is -1.98. The van der Waals surface area contributed by atoms with Crippen molar-refractivity contribution >= 4 is 11.6 Å². The van der Waals surface area contributed by atoms with E-state index in [1.807, 2.05) is 30.3 Å². The molecule has 0 bridgehead atoms. The van der Waals surface area contributed by atoms with Gasteiger partial charge in [-0.15, -0.1) is 0 Å². The first-order chi connectivity index (χ1) is 6.77. The molecular formula is C10H7ClN2O. The second kappa shape index (κ2) is 3.64. The molecule has 0 fully saturated rings. The monoisotopic (exact) mass is 206 g/mol. The lowest BCUT2D eigenvalue weighted by Crippen LogP contribution is -2.09. The van der Waals surface area contributed by atoms with Crippen molar-refractivity contribution in [2.45, 2.75) is 0 Å². The lowest BCUT2D eigenvalue weighted by atomic mass is 10.1. The molecule has 0 aliphatic carbocycles. The van der Waals surface area contributed by atoms with Crippen LogP contribution >= 0.6 is 11.6 Å². The van der Waals surface area contributed by atoms with Crippen LogP contribution in [0.3, 0.4) is 0 Å². The Hall–Kier alpha value is -1.61. The molecule has 2 aromatic rings. The van der Waals surface area contributed by atoms with Gasteiger partial charge in [0.2, 0.25) is 5.28 Å². The molecule has 0 amide bonds. The van der Waals surface area contributed by atoms with Crippen molar-refractivity contribution in [3.63, 3.8) is 0 Å². The molecule has 0 aliphatic heterocycles. The van der Waals surface area contributed by atoms with Crippen LogP contribution in [0.4, 0.5) is 0 Å². The SMILES string of the molecule is O=c1[nH]c(Cl)ncc1-c1ccccc1. The fourth-order valence-corrected chi connectivity index (χ4v) is 1.33. The summed E-state index contributed by atoms with van der Waals surface area (Å²) in [6.45, 7) is 0. The zero-order chi connectivity index (χ0) is 9.97. The zero-order valence-electron chi connectivity index (χ0n) is 7.20. The van der Waals surface area contributed by atoms with E-state index < -0.39 is 0 Å². The first-order valence-electron chi connectivity index (χ1n) is 4.07. The van der Waals surface area contributed by atoms with Gasteiger partial charge in [0.1, 0.15) is 0 Å². The topological polar surface area (TPSA) is 45.8 Å². The molecule has 1 aromatic heterocycles. The predicted molar refractivity (Wildman–Crippen MR) is 55.3 cm³/mol. The summed E-state index contributed by atoms with van der Waals surface area (Å²) in [4.78, 5) is 17.7. The molecule has 0 aliphatic rings. The molecule has 0 unspecified atom stereocenters. The molecule has 1 aromatic carbocycles. The number of benzene rings is 1. The average Bonchev–Trinajstić information content (AvgIpc) is 2.19. The van der Waals surface area contributed by atoms with Crippen LogP contribution in [-0.2, 0) is 0 Å². The molecule has 0 saturated heterocycles. The Balaban J connectivity index is 2.59. The van der Waals surface area contributed by atoms with Gasteiger partial charge in [-0.3, -0.25) is 9.78 Å². The number of hydrogen-bond acceptors (Lipinski definition) is 2. The predicted octanol–water partition coefficient (Wildman–Crippen LogP) is 2.09. The molecule has 4 heteroatoms. The fourth-order valence-electron chi connectivity index (χ4n) is 1.20. The van der Waals surface area contributed by atoms with Crippen LogP contribution < -0.4 is 5.56 Å². The van der Waals surface area contributed by atoms with Crippen molar-refractivity contribution < 1.29 is 0 Å². The van der Waals surface area contributed by atoms with Crippen molar-refractivity contribution in [1.82, 2.24) is 9.97 Å². The Morgan fingerprint density at radius 1 is 1.21 bits per heavy atom. The van der Waals surface area contributed by atoms with Crippen LogP contribution in [0.25, 0.3) is 11.1 Å². The normalized spacial score (nSPS) is 10.1. The Kier molecular flexibility index (Phi) is 2.33. The number of aromatic amines is 1. The van der Waals surface area contributed by atoms with Gasteiger partial charge in [-0.2, -0.15) is 0 Å². The highest BCUT2D eigenvalue weighted by Gasteiger charge is 2.02. The van der Waals surface area contributed by atoms with Crippen LogP contribution in [-0.4, -0.2) is 9.97 Å². The van der Waals surface area contributed by atoms with Crippen LogP contribution in [0.5, 0.6) is 0 Å². The number of rotatable bonds is 1. The summed E-state index contributed by atoms with van der Waals surface area (Å²) in [5.41, 5.74) is 1.13. The van der Waals surface area contributed by atoms with Crippen LogP contribution in [0.2, 0.25) is 5.28 Å². The number of nitrogens with zero attached hydrogens (tertiary/aromatic N) is 1. The van der Waals surface area contributed by atoms with Crippen molar-refractivity contribution in [2.24, 2.45) is 0 Å². The molecule has 3 nitrogen and oxygen atoms in total. The maximum absolute atomic E-state index is 11.5. The number of halogens is 1. The molecule has 1 N–H and O–H groups in total. The van der Waals surface area contributed by atoms with E-state index in [-0.39, 0.29) is 10.8 Å². The highest BCUT2D eigenvalue weighted by molar-refractivity contribution is 6.28. The molecule has 14 heavy (non-hydrogen) atoms. The van der Waals surface area contributed by atoms with Crippen molar-refractivity contribution in [3.05, 3.63) is 52.2 Å². The maximum Gasteiger partial charge on any atom is 0.259 e. The van der Waals surface area contributed by atoms with Gasteiger partial charge in [-0.25, -0.2) is 4.98 Å². The largest absolute Gasteiger partial charge is 0.297 e. The van der Waals surface area contributed by atoms with Crippen LogP contribution in [0.1, 0.15) is 0 Å². The van der Waals surface area contributed by atoms with E-state index in [9.17, 15) is 4.79 Å². The highest BCUT2D eigenvalue weighted by atomic mass is 35.5. The third-order valence-corrected chi connectivity index (χ3v) is 2.05. The summed E-state index contributed by atoms with van der Waals surface area (Å²) >= 11 is 5.54. The second-order valence-electron chi connectivity index (χ2n) is 2.78. The summed E-state index contributed by atoms with van der Waals surface area (Å²) in [6, 6.07) is 9.31. The molecule has 1 heterocycles. The Morgan fingerprint density at radius 3 is 2.57 bits per heavy atom. The van der Waals surface area contributed by atoms with E-state index in [4.69, 9.17) is 11.6 Å². The number of aromatic nitrogens is 2. The fraction of sp³-hybridized carbons (Fsp3) is 0. The molecule has 70 valence electrons. The van der Waals surface area contributed by atoms with E-state index in [2.05, 4.69) is 9.97 Å². The van der Waals surface area contributed by atoms with Gasteiger partial charge in [0.15, 0.2) is 0 Å². The van der Waals surface area contributed by atoms with Crippen molar-refractivity contribution in [3.8, 4) is 11.1 Å². The van der Waals surface area contributed by atoms with Gasteiger partial charge in [0, 0.05) is 6.20 Å². The van der Waals surface area contributed by atoms with Gasteiger partial charge in [0.05, 0.1) is 5.56 Å². The van der Waals surface area contributed by atoms with Crippen molar-refractivity contribution in [2.75, 3.05) is 0 Å². The first kappa shape index (κ1) is 8.97. The van der Waals surface area contributed by atoms with Gasteiger partial charge < -0.3 is 0 Å². The molecule has 2 rings (SSSR count). The summed E-state index contributed by atoms with van der Waals surface area (Å²) in [6.07, 6.45) is 1.47. The molecule has 0 radical (unpaired) electrons. The van der Waals surface area contributed by atoms with Gasteiger partial charge in [-0.1, -0.05) is 30.3 Å². The average molecular weight is 207 g/mol. The minimum atomic E-state index is -0.226. The molecule has 0 atom stereocenters. The molecule has 0 spiro atoms. The zero-order valence-corrected chi connectivity index (χ0v) is 7.95. The molecule has 0 saturated carbocycles. The van der Waals surface area contributed by atoms with Gasteiger partial charge in [-0.05, 0) is 17.2 Å². The van der Waals surface area contributed by atoms with E-state index >= 15 is 0 Å². The third-order valence-electron chi connectivity index (χ3n) is 1.85. The van der Waals surface area contributed by atoms with E-state index in [1.54, 1.807) is 0 Å². The quantitative estimate of drug-likeness (QED) is 0.727. The van der Waals surface area contributed by atoms with E-state index in [1.165, 1.54) is 6.20 Å². The van der Waals surface area contributed by atoms with Crippen LogP contribution in [0.15, 0.2) is 41.3 Å². The Labute approximate surface area is 85.4 Å². The highest BCUT2D eigenvalue weighted by Crippen LogP contribution is 2.13. The standard InChI is InChI=1S/C10H7ClN2O/c11-10-12-6-8(9(14)13-10)7-4-2-1-3-5-7/h1-6H,(H,12,13,14). The summed E-state index contributed by atoms with van der Waals surface area (Å²) in [5, 5.41) is 0.106. The summed E-state index contributed by atoms with van der Waals surface area (Å²) in [5.74, 6) is 0. The maximum atomic E-state index is 11.5. The minimum Gasteiger partial charge on any atom is -0.297 e. The smallest absolute Gasteiger partial charge is 0.259 e. The third kappa shape index (κ3) is 1.67. The first-order valence-corrected chi connectivity index (χ1v) is 4.45. The van der Waals surface area contributed by atoms with E-state index in [0.29, 0.717) is 5.56 Å². The number of nitrogens with one attached hydrogen (secondary N) is 1. The number of hydrogen-bond donors (Lipinski definition) is 1. The molecular weight excluding hydrogens is 200 g/mol. The summed E-state index contributed by atoms with van der Waals surface area (Å²) < 4.78 is 0. The second-order valence-corrected chi connectivity index (χ2v) is 3.14. The number of H-pyrrole nitrogens is 1. The Morgan fingerprint density at radius 2 is 1.93 bits per heavy atom. The van der Waals surface area contributed by atoms with Crippen molar-refractivity contribution in [1.29, 1.82) is 0 Å². The van der Waals surface area contributed by atoms with Gasteiger partial charge >= 0.3 is 0 Å². The lowest BCUT2D eigenvalue weighted by molar-refractivity contribution is 1.12.